The largest absolute Gasteiger partial charge is 0.326 e. The normalized spacial score (nSPS) is 13.5. The van der Waals surface area contributed by atoms with Crippen molar-refractivity contribution in [1.82, 2.24) is 9.97 Å². The molecule has 0 radical (unpaired) electrons. The number of aryl methyl sites for hydroxylation is 3. The molecular weight excluding hydrogens is 290 g/mol. The van der Waals surface area contributed by atoms with Crippen LogP contribution in [0.2, 0.25) is 0 Å². The average molecular weight is 309 g/mol. The van der Waals surface area contributed by atoms with E-state index in [1.807, 2.05) is 11.3 Å². The molecule has 1 aliphatic carbocycles. The van der Waals surface area contributed by atoms with Crippen LogP contribution in [0.3, 0.4) is 0 Å². The zero-order valence-electron chi connectivity index (χ0n) is 13.0. The second kappa shape index (κ2) is 5.36. The summed E-state index contributed by atoms with van der Waals surface area (Å²) in [6.45, 7) is 5.22. The summed E-state index contributed by atoms with van der Waals surface area (Å²) in [4.78, 5) is 14.1. The van der Waals surface area contributed by atoms with Crippen molar-refractivity contribution in [2.75, 3.05) is 11.4 Å². The second-order valence-corrected chi connectivity index (χ2v) is 6.90. The lowest BCUT2D eigenvalue weighted by Gasteiger charge is -2.23. The smallest absolute Gasteiger partial charge is 0.145 e. The molecule has 0 saturated heterocycles. The Morgan fingerprint density at radius 1 is 1.23 bits per heavy atom. The van der Waals surface area contributed by atoms with Crippen LogP contribution in [0.25, 0.3) is 10.2 Å². The Morgan fingerprint density at radius 3 is 2.95 bits per heavy atom. The summed E-state index contributed by atoms with van der Waals surface area (Å²) < 4.78 is 0. The summed E-state index contributed by atoms with van der Waals surface area (Å²) in [5.74, 6) is 1.07. The van der Waals surface area contributed by atoms with Crippen LogP contribution in [0, 0.1) is 6.92 Å². The molecule has 4 heteroatoms. The quantitative estimate of drug-likeness (QED) is 0.705. The van der Waals surface area contributed by atoms with Crippen molar-refractivity contribution < 1.29 is 0 Å². The minimum atomic E-state index is 0.903. The molecule has 1 aromatic carbocycles. The first-order valence-electron chi connectivity index (χ1n) is 7.87. The van der Waals surface area contributed by atoms with Crippen LogP contribution < -0.4 is 4.90 Å². The predicted octanol–water partition coefficient (Wildman–Crippen LogP) is 4.65. The van der Waals surface area contributed by atoms with Gasteiger partial charge in [0.15, 0.2) is 0 Å². The Hall–Kier alpha value is -1.94. The van der Waals surface area contributed by atoms with E-state index in [1.54, 1.807) is 6.33 Å². The van der Waals surface area contributed by atoms with Gasteiger partial charge < -0.3 is 4.90 Å². The summed E-state index contributed by atoms with van der Waals surface area (Å²) in [6, 6.07) is 8.64. The minimum Gasteiger partial charge on any atom is -0.326 e. The van der Waals surface area contributed by atoms with Crippen LogP contribution in [0.5, 0.6) is 0 Å². The third kappa shape index (κ3) is 2.10. The van der Waals surface area contributed by atoms with E-state index in [2.05, 4.69) is 53.0 Å². The van der Waals surface area contributed by atoms with Crippen molar-refractivity contribution in [3.05, 3.63) is 46.6 Å². The summed E-state index contributed by atoms with van der Waals surface area (Å²) in [5, 5.41) is 1.28. The van der Waals surface area contributed by atoms with Gasteiger partial charge in [-0.1, -0.05) is 12.1 Å². The SMILES string of the molecule is CCN(c1cccc(C)c1)c1ncnc2sc3c(c12)CCC3. The van der Waals surface area contributed by atoms with Crippen molar-refractivity contribution in [1.29, 1.82) is 0 Å². The fraction of sp³-hybridized carbons (Fsp3) is 0.333. The van der Waals surface area contributed by atoms with Gasteiger partial charge in [-0.25, -0.2) is 9.97 Å². The van der Waals surface area contributed by atoms with Gasteiger partial charge in [-0.05, 0) is 56.4 Å². The maximum Gasteiger partial charge on any atom is 0.145 e. The van der Waals surface area contributed by atoms with Gasteiger partial charge in [0.05, 0.1) is 5.39 Å². The summed E-state index contributed by atoms with van der Waals surface area (Å²) in [7, 11) is 0. The maximum absolute atomic E-state index is 4.66. The molecule has 3 aromatic rings. The van der Waals surface area contributed by atoms with E-state index < -0.39 is 0 Å². The Morgan fingerprint density at radius 2 is 2.14 bits per heavy atom. The molecule has 2 aromatic heterocycles. The first-order valence-corrected chi connectivity index (χ1v) is 8.69. The molecule has 4 rings (SSSR count). The average Bonchev–Trinajstić information content (AvgIpc) is 3.09. The van der Waals surface area contributed by atoms with Crippen molar-refractivity contribution in [3.8, 4) is 0 Å². The number of benzene rings is 1. The number of fused-ring (bicyclic) bond motifs is 3. The molecule has 3 nitrogen and oxygen atoms in total. The minimum absolute atomic E-state index is 0.903. The molecular formula is C18H19N3S. The first kappa shape index (κ1) is 13.7. The molecule has 0 N–H and O–H groups in total. The molecule has 0 unspecified atom stereocenters. The first-order chi connectivity index (χ1) is 10.8. The third-order valence-corrected chi connectivity index (χ3v) is 5.57. The number of nitrogens with zero attached hydrogens (tertiary/aromatic N) is 3. The Balaban J connectivity index is 1.92. The van der Waals surface area contributed by atoms with Crippen LogP contribution in [-0.2, 0) is 12.8 Å². The lowest BCUT2D eigenvalue weighted by Crippen LogP contribution is -2.18. The lowest BCUT2D eigenvalue weighted by atomic mass is 10.1. The summed E-state index contributed by atoms with van der Waals surface area (Å²) in [6.07, 6.45) is 5.34. The van der Waals surface area contributed by atoms with Crippen molar-refractivity contribution in [2.24, 2.45) is 0 Å². The fourth-order valence-electron chi connectivity index (χ4n) is 3.37. The molecule has 112 valence electrons. The van der Waals surface area contributed by atoms with Gasteiger partial charge in [0.25, 0.3) is 0 Å². The zero-order chi connectivity index (χ0) is 15.1. The van der Waals surface area contributed by atoms with Crippen molar-refractivity contribution in [2.45, 2.75) is 33.1 Å². The fourth-order valence-corrected chi connectivity index (χ4v) is 4.59. The highest BCUT2D eigenvalue weighted by molar-refractivity contribution is 7.19. The number of hydrogen-bond acceptors (Lipinski definition) is 4. The monoisotopic (exact) mass is 309 g/mol. The number of thiophene rings is 1. The molecule has 1 aliphatic rings. The molecule has 0 atom stereocenters. The topological polar surface area (TPSA) is 29.0 Å². The van der Waals surface area contributed by atoms with Crippen LogP contribution in [0.4, 0.5) is 11.5 Å². The van der Waals surface area contributed by atoms with E-state index in [-0.39, 0.29) is 0 Å². The van der Waals surface area contributed by atoms with Gasteiger partial charge in [-0.2, -0.15) is 0 Å². The van der Waals surface area contributed by atoms with Gasteiger partial charge in [-0.15, -0.1) is 11.3 Å². The van der Waals surface area contributed by atoms with E-state index in [1.165, 1.54) is 46.3 Å². The van der Waals surface area contributed by atoms with E-state index in [9.17, 15) is 0 Å². The highest BCUT2D eigenvalue weighted by Gasteiger charge is 2.23. The van der Waals surface area contributed by atoms with Gasteiger partial charge in [-0.3, -0.25) is 0 Å². The molecule has 2 heterocycles. The highest BCUT2D eigenvalue weighted by atomic mass is 32.1. The molecule has 0 spiro atoms. The summed E-state index contributed by atoms with van der Waals surface area (Å²) in [5.41, 5.74) is 3.97. The Kier molecular flexibility index (Phi) is 3.34. The van der Waals surface area contributed by atoms with Crippen molar-refractivity contribution in [3.63, 3.8) is 0 Å². The van der Waals surface area contributed by atoms with E-state index in [0.29, 0.717) is 0 Å². The van der Waals surface area contributed by atoms with Gasteiger partial charge in [0.2, 0.25) is 0 Å². The number of anilines is 2. The van der Waals surface area contributed by atoms with E-state index >= 15 is 0 Å². The van der Waals surface area contributed by atoms with Crippen LogP contribution in [-0.4, -0.2) is 16.5 Å². The number of hydrogen-bond donors (Lipinski definition) is 0. The van der Waals surface area contributed by atoms with Gasteiger partial charge in [0, 0.05) is 17.1 Å². The predicted molar refractivity (Wildman–Crippen MR) is 93.3 cm³/mol. The van der Waals surface area contributed by atoms with Crippen LogP contribution in [0.15, 0.2) is 30.6 Å². The molecule has 0 fully saturated rings. The van der Waals surface area contributed by atoms with Crippen molar-refractivity contribution >= 4 is 33.1 Å². The third-order valence-electron chi connectivity index (χ3n) is 4.37. The van der Waals surface area contributed by atoms with Gasteiger partial charge >= 0.3 is 0 Å². The van der Waals surface area contributed by atoms with E-state index in [0.717, 1.165) is 17.2 Å². The zero-order valence-corrected chi connectivity index (χ0v) is 13.8. The molecule has 0 bridgehead atoms. The number of rotatable bonds is 3. The highest BCUT2D eigenvalue weighted by Crippen LogP contribution is 2.41. The molecule has 0 saturated carbocycles. The second-order valence-electron chi connectivity index (χ2n) is 5.82. The summed E-state index contributed by atoms with van der Waals surface area (Å²) >= 11 is 1.85. The maximum atomic E-state index is 4.66. The molecule has 0 aliphatic heterocycles. The Labute approximate surface area is 134 Å². The standard InChI is InChI=1S/C18H19N3S/c1-3-21(13-7-4-6-12(2)10-13)17-16-14-8-5-9-15(14)22-18(16)20-11-19-17/h4,6-7,10-11H,3,5,8-9H2,1-2H3. The Bertz CT molecular complexity index is 837. The number of aromatic nitrogens is 2. The van der Waals surface area contributed by atoms with E-state index in [4.69, 9.17) is 0 Å². The van der Waals surface area contributed by atoms with Crippen LogP contribution in [0.1, 0.15) is 29.3 Å². The van der Waals surface area contributed by atoms with Gasteiger partial charge in [0.1, 0.15) is 17.0 Å². The molecule has 22 heavy (non-hydrogen) atoms. The van der Waals surface area contributed by atoms with Crippen LogP contribution >= 0.6 is 11.3 Å². The lowest BCUT2D eigenvalue weighted by molar-refractivity contribution is 0.916. The molecule has 0 amide bonds.